The van der Waals surface area contributed by atoms with Crippen molar-refractivity contribution in [2.75, 3.05) is 6.54 Å². The zero-order valence-electron chi connectivity index (χ0n) is 15.6. The van der Waals surface area contributed by atoms with E-state index in [0.29, 0.717) is 0 Å². The average Bonchev–Trinajstić information content (AvgIpc) is 2.75. The van der Waals surface area contributed by atoms with Gasteiger partial charge >= 0.3 is 0 Å². The first-order chi connectivity index (χ1) is 11.6. The van der Waals surface area contributed by atoms with E-state index in [0.717, 1.165) is 25.7 Å². The lowest BCUT2D eigenvalue weighted by Gasteiger charge is -2.24. The first-order valence-electron chi connectivity index (χ1n) is 9.07. The Balaban J connectivity index is 1.82. The predicted molar refractivity (Wildman–Crippen MR) is 92.3 cm³/mol. The molecule has 4 amide bonds. The third-order valence-corrected chi connectivity index (χ3v) is 4.76. The summed E-state index contributed by atoms with van der Waals surface area (Å²) in [5.41, 5.74) is -0.374. The summed E-state index contributed by atoms with van der Waals surface area (Å²) >= 11 is 0. The van der Waals surface area contributed by atoms with Crippen LogP contribution in [0, 0.1) is 11.8 Å². The van der Waals surface area contributed by atoms with Crippen LogP contribution in [0.25, 0.3) is 0 Å². The second-order valence-corrected chi connectivity index (χ2v) is 8.10. The van der Waals surface area contributed by atoms with Gasteiger partial charge in [0.05, 0.1) is 11.8 Å². The first-order valence-corrected chi connectivity index (χ1v) is 9.07. The highest BCUT2D eigenvalue weighted by molar-refractivity contribution is 6.05. The molecular weight excluding hydrogens is 322 g/mol. The van der Waals surface area contributed by atoms with Crippen LogP contribution in [0.3, 0.4) is 0 Å². The topological polar surface area (TPSA) is 95.6 Å². The molecule has 0 radical (unpaired) electrons. The number of likely N-dealkylation sites (tertiary alicyclic amines) is 1. The van der Waals surface area contributed by atoms with E-state index < -0.39 is 6.04 Å². The quantitative estimate of drug-likeness (QED) is 0.722. The van der Waals surface area contributed by atoms with Gasteiger partial charge in [0.25, 0.3) is 0 Å². The van der Waals surface area contributed by atoms with Gasteiger partial charge in [-0.25, -0.2) is 0 Å². The molecule has 2 fully saturated rings. The van der Waals surface area contributed by atoms with Crippen LogP contribution >= 0.6 is 0 Å². The van der Waals surface area contributed by atoms with Crippen LogP contribution in [0.2, 0.25) is 0 Å². The molecule has 1 saturated heterocycles. The van der Waals surface area contributed by atoms with Crippen molar-refractivity contribution in [3.63, 3.8) is 0 Å². The fourth-order valence-corrected chi connectivity index (χ4v) is 3.52. The molecule has 140 valence electrons. The van der Waals surface area contributed by atoms with E-state index in [-0.39, 0.29) is 54.0 Å². The zero-order valence-corrected chi connectivity index (χ0v) is 15.6. The molecule has 0 aromatic heterocycles. The highest BCUT2D eigenvalue weighted by Gasteiger charge is 2.47. The molecule has 1 heterocycles. The summed E-state index contributed by atoms with van der Waals surface area (Å²) in [4.78, 5) is 50.0. The molecule has 0 aromatic rings. The lowest BCUT2D eigenvalue weighted by atomic mass is 9.81. The molecule has 1 aliphatic heterocycles. The molecule has 3 atom stereocenters. The van der Waals surface area contributed by atoms with E-state index in [2.05, 4.69) is 10.6 Å². The Morgan fingerprint density at radius 1 is 1.12 bits per heavy atom. The van der Waals surface area contributed by atoms with Crippen LogP contribution < -0.4 is 10.6 Å². The van der Waals surface area contributed by atoms with Gasteiger partial charge in [-0.15, -0.1) is 0 Å². The highest BCUT2D eigenvalue weighted by Crippen LogP contribution is 2.37. The number of carbonyl (C=O) groups excluding carboxylic acids is 4. The molecule has 0 spiro atoms. The standard InChI is InChI=1S/C18H29N3O4/c1-11(15(23)20-18(2,3)4)19-14(22)9-10-21-16(24)12-7-5-6-8-13(12)17(21)25/h11-13H,5-10H2,1-4H3,(H,19,22)(H,20,23). The number of imide groups is 1. The van der Waals surface area contributed by atoms with Gasteiger partial charge in [-0.05, 0) is 40.5 Å². The van der Waals surface area contributed by atoms with Gasteiger partial charge in [0.15, 0.2) is 0 Å². The summed E-state index contributed by atoms with van der Waals surface area (Å²) < 4.78 is 0. The number of nitrogens with one attached hydrogen (secondary N) is 2. The summed E-state index contributed by atoms with van der Waals surface area (Å²) in [7, 11) is 0. The molecule has 2 aliphatic rings. The first kappa shape index (κ1) is 19.4. The Morgan fingerprint density at radius 2 is 1.64 bits per heavy atom. The van der Waals surface area contributed by atoms with Crippen LogP contribution in [0.1, 0.15) is 59.8 Å². The van der Waals surface area contributed by atoms with Crippen LogP contribution in [0.4, 0.5) is 0 Å². The predicted octanol–water partition coefficient (Wildman–Crippen LogP) is 0.971. The smallest absolute Gasteiger partial charge is 0.242 e. The van der Waals surface area contributed by atoms with Gasteiger partial charge in [0.2, 0.25) is 23.6 Å². The van der Waals surface area contributed by atoms with Crippen molar-refractivity contribution in [1.82, 2.24) is 15.5 Å². The van der Waals surface area contributed by atoms with Crippen LogP contribution in [0.15, 0.2) is 0 Å². The van der Waals surface area contributed by atoms with Crippen molar-refractivity contribution in [2.45, 2.75) is 71.4 Å². The number of amides is 4. The Hall–Kier alpha value is -1.92. The molecular formula is C18H29N3O4. The van der Waals surface area contributed by atoms with Gasteiger partial charge in [-0.3, -0.25) is 24.1 Å². The van der Waals surface area contributed by atoms with Crippen molar-refractivity contribution in [1.29, 1.82) is 0 Å². The normalized spacial score (nSPS) is 24.7. The Labute approximate surface area is 148 Å². The van der Waals surface area contributed by atoms with Crippen LogP contribution in [-0.4, -0.2) is 46.7 Å². The second kappa shape index (κ2) is 7.54. The SMILES string of the molecule is CC(NC(=O)CCN1C(=O)C2CCCCC2C1=O)C(=O)NC(C)(C)C. The number of fused-ring (bicyclic) bond motifs is 1. The van der Waals surface area contributed by atoms with E-state index in [1.165, 1.54) is 4.90 Å². The van der Waals surface area contributed by atoms with E-state index in [4.69, 9.17) is 0 Å². The minimum atomic E-state index is -0.667. The molecule has 2 rings (SSSR count). The molecule has 0 bridgehead atoms. The maximum absolute atomic E-state index is 12.4. The highest BCUT2D eigenvalue weighted by atomic mass is 16.2. The van der Waals surface area contributed by atoms with E-state index in [9.17, 15) is 19.2 Å². The lowest BCUT2D eigenvalue weighted by molar-refractivity contribution is -0.140. The molecule has 1 saturated carbocycles. The molecule has 25 heavy (non-hydrogen) atoms. The van der Waals surface area contributed by atoms with E-state index in [1.807, 2.05) is 20.8 Å². The lowest BCUT2D eigenvalue weighted by Crippen LogP contribution is -2.51. The Morgan fingerprint density at radius 3 is 2.12 bits per heavy atom. The van der Waals surface area contributed by atoms with Gasteiger partial charge in [-0.1, -0.05) is 12.8 Å². The van der Waals surface area contributed by atoms with Crippen molar-refractivity contribution < 1.29 is 19.2 Å². The number of carbonyl (C=O) groups is 4. The minimum absolute atomic E-state index is 0.0179. The molecule has 2 N–H and O–H groups in total. The van der Waals surface area contributed by atoms with Crippen LogP contribution in [0.5, 0.6) is 0 Å². The average molecular weight is 351 g/mol. The van der Waals surface area contributed by atoms with E-state index >= 15 is 0 Å². The number of hydrogen-bond acceptors (Lipinski definition) is 4. The third kappa shape index (κ3) is 4.80. The molecule has 3 unspecified atom stereocenters. The largest absolute Gasteiger partial charge is 0.350 e. The van der Waals surface area contributed by atoms with Gasteiger partial charge in [0.1, 0.15) is 6.04 Å². The second-order valence-electron chi connectivity index (χ2n) is 8.10. The molecule has 7 heteroatoms. The Kier molecular flexibility index (Phi) is 5.85. The molecule has 1 aliphatic carbocycles. The van der Waals surface area contributed by atoms with Gasteiger partial charge in [-0.2, -0.15) is 0 Å². The summed E-state index contributed by atoms with van der Waals surface area (Å²) in [5, 5.41) is 5.42. The van der Waals surface area contributed by atoms with Crippen LogP contribution in [-0.2, 0) is 19.2 Å². The Bertz CT molecular complexity index is 543. The third-order valence-electron chi connectivity index (χ3n) is 4.76. The van der Waals surface area contributed by atoms with Crippen molar-refractivity contribution in [3.8, 4) is 0 Å². The maximum atomic E-state index is 12.4. The molecule has 7 nitrogen and oxygen atoms in total. The fourth-order valence-electron chi connectivity index (χ4n) is 3.52. The van der Waals surface area contributed by atoms with E-state index in [1.54, 1.807) is 6.92 Å². The van der Waals surface area contributed by atoms with Crippen molar-refractivity contribution in [3.05, 3.63) is 0 Å². The van der Waals surface area contributed by atoms with Gasteiger partial charge < -0.3 is 10.6 Å². The minimum Gasteiger partial charge on any atom is -0.350 e. The summed E-state index contributed by atoms with van der Waals surface area (Å²) in [6.07, 6.45) is 3.51. The summed E-state index contributed by atoms with van der Waals surface area (Å²) in [5.74, 6) is -1.27. The monoisotopic (exact) mass is 351 g/mol. The van der Waals surface area contributed by atoms with Crippen molar-refractivity contribution >= 4 is 23.6 Å². The number of hydrogen-bond donors (Lipinski definition) is 2. The number of rotatable bonds is 5. The maximum Gasteiger partial charge on any atom is 0.242 e. The number of nitrogens with zero attached hydrogens (tertiary/aromatic N) is 1. The van der Waals surface area contributed by atoms with Crippen molar-refractivity contribution in [2.24, 2.45) is 11.8 Å². The zero-order chi connectivity index (χ0) is 18.8. The summed E-state index contributed by atoms with van der Waals surface area (Å²) in [6.45, 7) is 7.29. The summed E-state index contributed by atoms with van der Waals surface area (Å²) in [6, 6.07) is -0.667. The van der Waals surface area contributed by atoms with Gasteiger partial charge in [0, 0.05) is 18.5 Å². The molecule has 0 aromatic carbocycles. The fraction of sp³-hybridized carbons (Fsp3) is 0.778.